The summed E-state index contributed by atoms with van der Waals surface area (Å²) in [5.41, 5.74) is 2.40. The Balaban J connectivity index is 0.00000280. The first-order valence-corrected chi connectivity index (χ1v) is 11.6. The van der Waals surface area contributed by atoms with Crippen LogP contribution in [0.25, 0.3) is 0 Å². The van der Waals surface area contributed by atoms with E-state index in [0.29, 0.717) is 4.90 Å². The Morgan fingerprint density at radius 2 is 2.00 bits per heavy atom. The number of hydrogen-bond donors (Lipinski definition) is 2. The van der Waals surface area contributed by atoms with Gasteiger partial charge in [0, 0.05) is 32.1 Å². The van der Waals surface area contributed by atoms with E-state index < -0.39 is 10.0 Å². The minimum absolute atomic E-state index is 0. The molecule has 2 aliphatic rings. The second-order valence-corrected chi connectivity index (χ2v) is 9.29. The van der Waals surface area contributed by atoms with Crippen LogP contribution in [0.5, 0.6) is 0 Å². The lowest BCUT2D eigenvalue weighted by Crippen LogP contribution is -2.43. The van der Waals surface area contributed by atoms with Gasteiger partial charge in [0.1, 0.15) is 0 Å². The summed E-state index contributed by atoms with van der Waals surface area (Å²) in [5, 5.41) is 3.29. The first-order valence-electron chi connectivity index (χ1n) is 10.1. The van der Waals surface area contributed by atoms with Crippen molar-refractivity contribution in [2.75, 3.05) is 26.2 Å². The van der Waals surface area contributed by atoms with Crippen LogP contribution in [0.15, 0.2) is 23.1 Å². The minimum atomic E-state index is -3.58. The fourth-order valence-electron chi connectivity index (χ4n) is 4.05. The molecule has 8 heteroatoms. The van der Waals surface area contributed by atoms with Crippen molar-refractivity contribution in [3.05, 3.63) is 29.3 Å². The predicted molar refractivity (Wildman–Crippen MR) is 113 cm³/mol. The van der Waals surface area contributed by atoms with Crippen molar-refractivity contribution >= 4 is 28.3 Å². The van der Waals surface area contributed by atoms with Crippen molar-refractivity contribution in [2.45, 2.75) is 62.8 Å². The van der Waals surface area contributed by atoms with E-state index in [9.17, 15) is 13.2 Å². The Morgan fingerprint density at radius 1 is 1.25 bits per heavy atom. The fraction of sp³-hybridized carbons (Fsp3) is 0.650. The number of carbonyl (C=O) groups is 1. The standard InChI is InChI=1S/C20H31N3O3S.ClH/c1-2-13-23(18-9-11-21-15-18)20(24)10-12-22-27(25,26)19-8-7-16-5-3-4-6-17(16)14-19;/h7-8,14,18,21-22H,2-6,9-13,15H2,1H3;1H. The monoisotopic (exact) mass is 429 g/mol. The van der Waals surface area contributed by atoms with Gasteiger partial charge in [0.25, 0.3) is 0 Å². The van der Waals surface area contributed by atoms with Crippen LogP contribution >= 0.6 is 12.4 Å². The molecule has 0 aromatic heterocycles. The molecule has 0 radical (unpaired) electrons. The van der Waals surface area contributed by atoms with Gasteiger partial charge >= 0.3 is 0 Å². The number of amides is 1. The normalized spacial score (nSPS) is 19.0. The Kier molecular flexibility index (Phi) is 8.74. The van der Waals surface area contributed by atoms with Crippen molar-refractivity contribution in [1.29, 1.82) is 0 Å². The molecule has 0 spiro atoms. The minimum Gasteiger partial charge on any atom is -0.338 e. The van der Waals surface area contributed by atoms with E-state index >= 15 is 0 Å². The third-order valence-electron chi connectivity index (χ3n) is 5.52. The van der Waals surface area contributed by atoms with Crippen molar-refractivity contribution in [2.24, 2.45) is 0 Å². The summed E-state index contributed by atoms with van der Waals surface area (Å²) in [6.07, 6.45) is 6.32. The van der Waals surface area contributed by atoms with E-state index in [1.807, 2.05) is 11.0 Å². The number of nitrogens with one attached hydrogen (secondary N) is 2. The van der Waals surface area contributed by atoms with Gasteiger partial charge in [0.05, 0.1) is 4.90 Å². The second kappa shape index (κ2) is 10.6. The van der Waals surface area contributed by atoms with E-state index in [4.69, 9.17) is 0 Å². The lowest BCUT2D eigenvalue weighted by atomic mass is 9.92. The molecule has 1 heterocycles. The molecule has 1 amide bonds. The van der Waals surface area contributed by atoms with E-state index in [1.54, 1.807) is 12.1 Å². The van der Waals surface area contributed by atoms with Gasteiger partial charge in [-0.3, -0.25) is 4.79 Å². The van der Waals surface area contributed by atoms with E-state index in [0.717, 1.165) is 57.3 Å². The van der Waals surface area contributed by atoms with Crippen LogP contribution in [0.4, 0.5) is 0 Å². The Hall–Kier alpha value is -1.15. The van der Waals surface area contributed by atoms with Gasteiger partial charge in [-0.15, -0.1) is 12.4 Å². The molecule has 1 aromatic rings. The number of hydrogen-bond acceptors (Lipinski definition) is 4. The van der Waals surface area contributed by atoms with Gasteiger partial charge < -0.3 is 10.2 Å². The Labute approximate surface area is 174 Å². The zero-order valence-electron chi connectivity index (χ0n) is 16.6. The van der Waals surface area contributed by atoms with Crippen LogP contribution in [-0.4, -0.2) is 51.4 Å². The molecule has 1 unspecified atom stereocenters. The van der Waals surface area contributed by atoms with Crippen molar-refractivity contribution in [3.8, 4) is 0 Å². The third-order valence-corrected chi connectivity index (χ3v) is 6.98. The van der Waals surface area contributed by atoms with Crippen LogP contribution in [0, 0.1) is 0 Å². The van der Waals surface area contributed by atoms with Crippen molar-refractivity contribution < 1.29 is 13.2 Å². The quantitative estimate of drug-likeness (QED) is 0.664. The Morgan fingerprint density at radius 3 is 2.68 bits per heavy atom. The molecule has 1 atom stereocenters. The van der Waals surface area contributed by atoms with Crippen molar-refractivity contribution in [1.82, 2.24) is 14.9 Å². The lowest BCUT2D eigenvalue weighted by Gasteiger charge is -2.28. The third kappa shape index (κ3) is 5.69. The van der Waals surface area contributed by atoms with Crippen LogP contribution in [0.3, 0.4) is 0 Å². The van der Waals surface area contributed by atoms with Crippen molar-refractivity contribution in [3.63, 3.8) is 0 Å². The van der Waals surface area contributed by atoms with Crippen LogP contribution < -0.4 is 10.0 Å². The number of aryl methyl sites for hydroxylation is 2. The molecule has 2 N–H and O–H groups in total. The number of halogens is 1. The number of benzene rings is 1. The Bertz CT molecular complexity index is 764. The SMILES string of the molecule is CCCN(C(=O)CCNS(=O)(=O)c1ccc2c(c1)CCCC2)C1CCNC1.Cl. The molecule has 1 saturated heterocycles. The maximum absolute atomic E-state index is 12.6. The van der Waals surface area contributed by atoms with E-state index in [-0.39, 0.29) is 37.3 Å². The molecule has 0 bridgehead atoms. The average molecular weight is 430 g/mol. The summed E-state index contributed by atoms with van der Waals surface area (Å²) >= 11 is 0. The van der Waals surface area contributed by atoms with Gasteiger partial charge in [0.2, 0.25) is 15.9 Å². The smallest absolute Gasteiger partial charge is 0.240 e. The number of nitrogens with zero attached hydrogens (tertiary/aromatic N) is 1. The van der Waals surface area contributed by atoms with Crippen LogP contribution in [0.2, 0.25) is 0 Å². The number of sulfonamides is 1. The number of rotatable bonds is 8. The first kappa shape index (κ1) is 23.1. The van der Waals surface area contributed by atoms with Crippen LogP contribution in [0.1, 0.15) is 50.2 Å². The van der Waals surface area contributed by atoms with Gasteiger partial charge in [-0.25, -0.2) is 13.1 Å². The van der Waals surface area contributed by atoms with Gasteiger partial charge in [-0.05, 0) is 68.3 Å². The summed E-state index contributed by atoms with van der Waals surface area (Å²) in [4.78, 5) is 14.8. The molecule has 1 aromatic carbocycles. The summed E-state index contributed by atoms with van der Waals surface area (Å²) < 4.78 is 27.8. The maximum Gasteiger partial charge on any atom is 0.240 e. The highest BCUT2D eigenvalue weighted by Crippen LogP contribution is 2.24. The summed E-state index contributed by atoms with van der Waals surface area (Å²) in [5.74, 6) is 0.0266. The molecule has 1 fully saturated rings. The largest absolute Gasteiger partial charge is 0.338 e. The molecular formula is C20H32ClN3O3S. The highest BCUT2D eigenvalue weighted by Gasteiger charge is 2.26. The fourth-order valence-corrected chi connectivity index (χ4v) is 5.14. The molecule has 6 nitrogen and oxygen atoms in total. The molecule has 158 valence electrons. The maximum atomic E-state index is 12.6. The highest BCUT2D eigenvalue weighted by atomic mass is 35.5. The second-order valence-electron chi connectivity index (χ2n) is 7.52. The summed E-state index contributed by atoms with van der Waals surface area (Å²) in [6.45, 7) is 4.68. The molecule has 1 aliphatic heterocycles. The summed E-state index contributed by atoms with van der Waals surface area (Å²) in [6, 6.07) is 5.65. The van der Waals surface area contributed by atoms with E-state index in [1.165, 1.54) is 12.0 Å². The zero-order valence-corrected chi connectivity index (χ0v) is 18.2. The topological polar surface area (TPSA) is 78.5 Å². The zero-order chi connectivity index (χ0) is 19.3. The van der Waals surface area contributed by atoms with E-state index in [2.05, 4.69) is 17.0 Å². The lowest BCUT2D eigenvalue weighted by molar-refractivity contribution is -0.133. The van der Waals surface area contributed by atoms with Crippen LogP contribution in [-0.2, 0) is 27.7 Å². The highest BCUT2D eigenvalue weighted by molar-refractivity contribution is 7.89. The number of carbonyl (C=O) groups excluding carboxylic acids is 1. The van der Waals surface area contributed by atoms with Gasteiger partial charge in [0.15, 0.2) is 0 Å². The summed E-state index contributed by atoms with van der Waals surface area (Å²) in [7, 11) is -3.58. The molecule has 3 rings (SSSR count). The van der Waals surface area contributed by atoms with Gasteiger partial charge in [-0.2, -0.15) is 0 Å². The molecule has 0 saturated carbocycles. The predicted octanol–water partition coefficient (Wildman–Crippen LogP) is 2.26. The molecule has 28 heavy (non-hydrogen) atoms. The van der Waals surface area contributed by atoms with Gasteiger partial charge in [-0.1, -0.05) is 13.0 Å². The molecule has 1 aliphatic carbocycles. The number of fused-ring (bicyclic) bond motifs is 1. The molecular weight excluding hydrogens is 398 g/mol. The average Bonchev–Trinajstić information content (AvgIpc) is 3.19. The first-order chi connectivity index (χ1) is 13.0.